The summed E-state index contributed by atoms with van der Waals surface area (Å²) in [5, 5.41) is 0. The summed E-state index contributed by atoms with van der Waals surface area (Å²) in [7, 11) is 2.75. The number of rotatable bonds is 10. The zero-order chi connectivity index (χ0) is 26.0. The third-order valence-electron chi connectivity index (χ3n) is 6.26. The second-order valence-electron chi connectivity index (χ2n) is 8.72. The second kappa shape index (κ2) is 12.7. The van der Waals surface area contributed by atoms with Crippen LogP contribution in [0.25, 0.3) is 0 Å². The van der Waals surface area contributed by atoms with Crippen molar-refractivity contribution in [2.24, 2.45) is 0 Å². The number of hydrogen-bond donors (Lipinski definition) is 0. The van der Waals surface area contributed by atoms with Gasteiger partial charge in [-0.15, -0.1) is 0 Å². The lowest BCUT2D eigenvalue weighted by atomic mass is 9.97. The van der Waals surface area contributed by atoms with Crippen LogP contribution in [0.5, 0.6) is 0 Å². The van der Waals surface area contributed by atoms with Crippen LogP contribution >= 0.6 is 0 Å². The Morgan fingerprint density at radius 3 is 1.22 bits per heavy atom. The van der Waals surface area contributed by atoms with Crippen LogP contribution in [0.15, 0.2) is 109 Å². The third-order valence-corrected chi connectivity index (χ3v) is 6.26. The van der Waals surface area contributed by atoms with Crippen LogP contribution in [-0.4, -0.2) is 26.2 Å². The van der Waals surface area contributed by atoms with Gasteiger partial charge in [0.2, 0.25) is 0 Å². The Hall–Kier alpha value is -4.22. The SMILES string of the molecule is COC(=O)c1ccc(CC(OC(Cc2ccc(C(=O)OC)cc2)c2ccccc2)c2ccccc2)cc1. The average Bonchev–Trinajstić information content (AvgIpc) is 2.97. The normalized spacial score (nSPS) is 12.4. The van der Waals surface area contributed by atoms with Gasteiger partial charge < -0.3 is 14.2 Å². The molecule has 5 heteroatoms. The van der Waals surface area contributed by atoms with Crippen molar-refractivity contribution < 1.29 is 23.8 Å². The van der Waals surface area contributed by atoms with Crippen LogP contribution in [0.1, 0.15) is 55.2 Å². The maximum absolute atomic E-state index is 11.8. The van der Waals surface area contributed by atoms with Crippen molar-refractivity contribution in [3.8, 4) is 0 Å². The first kappa shape index (κ1) is 25.9. The van der Waals surface area contributed by atoms with E-state index in [0.717, 1.165) is 22.3 Å². The first-order chi connectivity index (χ1) is 18.1. The Bertz CT molecular complexity index is 1180. The maximum atomic E-state index is 11.8. The molecule has 0 fully saturated rings. The molecule has 0 saturated heterocycles. The number of hydrogen-bond acceptors (Lipinski definition) is 5. The van der Waals surface area contributed by atoms with Gasteiger partial charge in [0.25, 0.3) is 0 Å². The molecule has 37 heavy (non-hydrogen) atoms. The van der Waals surface area contributed by atoms with Crippen LogP contribution in [0.4, 0.5) is 0 Å². The number of carbonyl (C=O) groups is 2. The molecule has 0 amide bonds. The van der Waals surface area contributed by atoms with E-state index in [2.05, 4.69) is 24.3 Å². The van der Waals surface area contributed by atoms with Gasteiger partial charge in [0, 0.05) is 12.8 Å². The molecule has 5 nitrogen and oxygen atoms in total. The third kappa shape index (κ3) is 6.93. The van der Waals surface area contributed by atoms with Gasteiger partial charge in [-0.05, 0) is 46.5 Å². The first-order valence-electron chi connectivity index (χ1n) is 12.2. The van der Waals surface area contributed by atoms with E-state index >= 15 is 0 Å². The van der Waals surface area contributed by atoms with Gasteiger partial charge in [0.05, 0.1) is 37.6 Å². The highest BCUT2D eigenvalue weighted by atomic mass is 16.5. The van der Waals surface area contributed by atoms with Gasteiger partial charge in [0.1, 0.15) is 0 Å². The van der Waals surface area contributed by atoms with E-state index in [1.54, 1.807) is 24.3 Å². The summed E-state index contributed by atoms with van der Waals surface area (Å²) in [5.74, 6) is -0.713. The summed E-state index contributed by atoms with van der Waals surface area (Å²) in [6, 6.07) is 35.2. The molecule has 0 aliphatic heterocycles. The highest BCUT2D eigenvalue weighted by Crippen LogP contribution is 2.32. The monoisotopic (exact) mass is 494 g/mol. The minimum Gasteiger partial charge on any atom is -0.465 e. The predicted octanol–water partition coefficient (Wildman–Crippen LogP) is 6.54. The Morgan fingerprint density at radius 2 is 0.892 bits per heavy atom. The fourth-order valence-electron chi connectivity index (χ4n) is 4.24. The molecule has 2 unspecified atom stereocenters. The minimum absolute atomic E-state index is 0.218. The van der Waals surface area contributed by atoms with Crippen LogP contribution < -0.4 is 0 Å². The summed E-state index contributed by atoms with van der Waals surface area (Å²) < 4.78 is 16.5. The Kier molecular flexibility index (Phi) is 8.84. The number of ether oxygens (including phenoxy) is 3. The molecule has 0 bridgehead atoms. The first-order valence-corrected chi connectivity index (χ1v) is 12.2. The Labute approximate surface area is 217 Å². The van der Waals surface area contributed by atoms with Gasteiger partial charge in [-0.2, -0.15) is 0 Å². The van der Waals surface area contributed by atoms with E-state index in [1.165, 1.54) is 14.2 Å². The van der Waals surface area contributed by atoms with Crippen molar-refractivity contribution in [1.29, 1.82) is 0 Å². The fraction of sp³-hybridized carbons (Fsp3) is 0.188. The summed E-state index contributed by atoms with van der Waals surface area (Å²) in [4.78, 5) is 23.7. The van der Waals surface area contributed by atoms with E-state index in [4.69, 9.17) is 14.2 Å². The summed E-state index contributed by atoms with van der Waals surface area (Å²) >= 11 is 0. The van der Waals surface area contributed by atoms with Crippen molar-refractivity contribution in [2.45, 2.75) is 25.0 Å². The van der Waals surface area contributed by atoms with Gasteiger partial charge >= 0.3 is 11.9 Å². The van der Waals surface area contributed by atoms with Gasteiger partial charge in [-0.25, -0.2) is 9.59 Å². The second-order valence-corrected chi connectivity index (χ2v) is 8.72. The van der Waals surface area contributed by atoms with E-state index in [9.17, 15) is 9.59 Å². The zero-order valence-corrected chi connectivity index (χ0v) is 21.0. The van der Waals surface area contributed by atoms with Crippen molar-refractivity contribution in [2.75, 3.05) is 14.2 Å². The fourth-order valence-corrected chi connectivity index (χ4v) is 4.24. The average molecular weight is 495 g/mol. The number of methoxy groups -OCH3 is 2. The van der Waals surface area contributed by atoms with Crippen molar-refractivity contribution in [3.63, 3.8) is 0 Å². The van der Waals surface area contributed by atoms with Crippen molar-refractivity contribution in [3.05, 3.63) is 143 Å². The lowest BCUT2D eigenvalue weighted by Gasteiger charge is -2.26. The minimum atomic E-state index is -0.357. The number of carbonyl (C=O) groups excluding carboxylic acids is 2. The summed E-state index contributed by atoms with van der Waals surface area (Å²) in [6.45, 7) is 0. The molecule has 0 N–H and O–H groups in total. The molecule has 0 heterocycles. The maximum Gasteiger partial charge on any atom is 0.337 e. The van der Waals surface area contributed by atoms with E-state index in [-0.39, 0.29) is 24.1 Å². The molecule has 4 rings (SSSR count). The zero-order valence-electron chi connectivity index (χ0n) is 21.0. The molecule has 0 aromatic heterocycles. The Balaban J connectivity index is 1.61. The van der Waals surface area contributed by atoms with E-state index < -0.39 is 0 Å². The summed E-state index contributed by atoms with van der Waals surface area (Å²) in [6.07, 6.45) is 0.834. The quantitative estimate of drug-likeness (QED) is 0.234. The highest BCUT2D eigenvalue weighted by molar-refractivity contribution is 5.89. The summed E-state index contributed by atoms with van der Waals surface area (Å²) in [5.41, 5.74) is 5.27. The molecule has 2 atom stereocenters. The van der Waals surface area contributed by atoms with Gasteiger partial charge in [-0.3, -0.25) is 0 Å². The van der Waals surface area contributed by atoms with Crippen molar-refractivity contribution >= 4 is 11.9 Å². The lowest BCUT2D eigenvalue weighted by Crippen LogP contribution is -2.15. The van der Waals surface area contributed by atoms with Crippen LogP contribution in [0.3, 0.4) is 0 Å². The smallest absolute Gasteiger partial charge is 0.337 e. The van der Waals surface area contributed by atoms with E-state index in [0.29, 0.717) is 24.0 Å². The van der Waals surface area contributed by atoms with E-state index in [1.807, 2.05) is 60.7 Å². The lowest BCUT2D eigenvalue weighted by molar-refractivity contribution is -0.0149. The number of esters is 2. The molecular weight excluding hydrogens is 464 g/mol. The largest absolute Gasteiger partial charge is 0.465 e. The Morgan fingerprint density at radius 1 is 0.541 bits per heavy atom. The standard InChI is InChI=1S/C32H30O5/c1-35-31(33)27-17-13-23(14-18-27)21-29(25-9-5-3-6-10-25)37-30(26-11-7-4-8-12-26)22-24-15-19-28(20-16-24)32(34)36-2/h3-20,29-30H,21-22H2,1-2H3. The molecule has 0 saturated carbocycles. The molecule has 0 aliphatic carbocycles. The molecule has 0 spiro atoms. The predicted molar refractivity (Wildman–Crippen MR) is 142 cm³/mol. The van der Waals surface area contributed by atoms with Crippen molar-refractivity contribution in [1.82, 2.24) is 0 Å². The van der Waals surface area contributed by atoms with Crippen LogP contribution in [0, 0.1) is 0 Å². The number of benzene rings is 4. The van der Waals surface area contributed by atoms with Crippen LogP contribution in [-0.2, 0) is 27.1 Å². The molecule has 0 radical (unpaired) electrons. The molecule has 0 aliphatic rings. The molecule has 4 aromatic rings. The van der Waals surface area contributed by atoms with Crippen LogP contribution in [0.2, 0.25) is 0 Å². The molecular formula is C32H30O5. The molecule has 4 aromatic carbocycles. The van der Waals surface area contributed by atoms with Gasteiger partial charge in [0.15, 0.2) is 0 Å². The topological polar surface area (TPSA) is 61.8 Å². The molecule has 188 valence electrons. The highest BCUT2D eigenvalue weighted by Gasteiger charge is 2.22. The van der Waals surface area contributed by atoms with Gasteiger partial charge in [-0.1, -0.05) is 84.9 Å².